The molecule has 0 aliphatic heterocycles. The lowest BCUT2D eigenvalue weighted by Crippen LogP contribution is -2.39. The van der Waals surface area contributed by atoms with Crippen LogP contribution in [-0.2, 0) is 9.53 Å². The number of carbonyl (C=O) groups is 1. The summed E-state index contributed by atoms with van der Waals surface area (Å²) < 4.78 is 4.87. The van der Waals surface area contributed by atoms with Gasteiger partial charge in [-0.2, -0.15) is 0 Å². The van der Waals surface area contributed by atoms with Gasteiger partial charge in [0.15, 0.2) is 0 Å². The Morgan fingerprint density at radius 1 is 1.38 bits per heavy atom. The fourth-order valence-corrected chi connectivity index (χ4v) is 1.62. The third-order valence-corrected chi connectivity index (χ3v) is 2.94. The Labute approximate surface area is 99.1 Å². The van der Waals surface area contributed by atoms with E-state index in [1.165, 1.54) is 0 Å². The first-order chi connectivity index (χ1) is 7.56. The molecule has 0 aromatic heterocycles. The zero-order chi connectivity index (χ0) is 12.6. The predicted octanol–water partition coefficient (Wildman–Crippen LogP) is 1.39. The molecule has 4 heteroatoms. The number of nitrogens with two attached hydrogens (primary N) is 1. The van der Waals surface area contributed by atoms with Crippen LogP contribution in [-0.4, -0.2) is 42.6 Å². The molecule has 0 fully saturated rings. The van der Waals surface area contributed by atoms with Crippen molar-refractivity contribution in [2.45, 2.75) is 52.6 Å². The summed E-state index contributed by atoms with van der Waals surface area (Å²) in [6, 6.07) is 0.0532. The smallest absolute Gasteiger partial charge is 0.322 e. The molecule has 4 nitrogen and oxygen atoms in total. The fourth-order valence-electron chi connectivity index (χ4n) is 1.62. The van der Waals surface area contributed by atoms with Crippen molar-refractivity contribution < 1.29 is 9.53 Å². The van der Waals surface area contributed by atoms with Gasteiger partial charge in [0.25, 0.3) is 0 Å². The zero-order valence-corrected chi connectivity index (χ0v) is 11.0. The molecule has 2 unspecified atom stereocenters. The number of carbonyl (C=O) groups excluding carboxylic acids is 1. The van der Waals surface area contributed by atoms with Crippen molar-refractivity contribution in [3.63, 3.8) is 0 Å². The van der Waals surface area contributed by atoms with Crippen molar-refractivity contribution in [3.8, 4) is 0 Å². The third kappa shape index (κ3) is 5.47. The van der Waals surface area contributed by atoms with E-state index in [-0.39, 0.29) is 5.97 Å². The summed E-state index contributed by atoms with van der Waals surface area (Å²) in [4.78, 5) is 13.6. The van der Waals surface area contributed by atoms with E-state index < -0.39 is 6.04 Å². The third-order valence-electron chi connectivity index (χ3n) is 2.94. The second-order valence-corrected chi connectivity index (χ2v) is 4.03. The Hall–Kier alpha value is -0.610. The zero-order valence-electron chi connectivity index (χ0n) is 11.0. The maximum atomic E-state index is 11.3. The Morgan fingerprint density at radius 2 is 2.00 bits per heavy atom. The molecule has 0 saturated heterocycles. The summed E-state index contributed by atoms with van der Waals surface area (Å²) in [5.74, 6) is -0.289. The Bertz CT molecular complexity index is 197. The van der Waals surface area contributed by atoms with E-state index in [1.54, 1.807) is 6.92 Å². The quantitative estimate of drug-likeness (QED) is 0.640. The minimum absolute atomic E-state index is 0.289. The van der Waals surface area contributed by atoms with Crippen LogP contribution in [0.2, 0.25) is 0 Å². The van der Waals surface area contributed by atoms with Crippen LogP contribution >= 0.6 is 0 Å². The van der Waals surface area contributed by atoms with Crippen molar-refractivity contribution in [2.75, 3.05) is 19.7 Å². The van der Waals surface area contributed by atoms with Crippen molar-refractivity contribution in [1.29, 1.82) is 0 Å². The van der Waals surface area contributed by atoms with Crippen molar-refractivity contribution in [1.82, 2.24) is 4.90 Å². The molecule has 2 N–H and O–H groups in total. The van der Waals surface area contributed by atoms with Gasteiger partial charge >= 0.3 is 5.97 Å². The van der Waals surface area contributed by atoms with Gasteiger partial charge in [-0.3, -0.25) is 4.79 Å². The van der Waals surface area contributed by atoms with Gasteiger partial charge in [-0.1, -0.05) is 13.8 Å². The highest BCUT2D eigenvalue weighted by atomic mass is 16.5. The number of hydrogen-bond donors (Lipinski definition) is 1. The lowest BCUT2D eigenvalue weighted by molar-refractivity contribution is -0.144. The van der Waals surface area contributed by atoms with Gasteiger partial charge < -0.3 is 15.4 Å². The van der Waals surface area contributed by atoms with Crippen LogP contribution in [0.3, 0.4) is 0 Å². The standard InChI is InChI=1S/C12H26N2O2/c1-5-10(4)14(6-2)9-8-11(13)12(15)16-7-3/h10-11H,5-9,13H2,1-4H3. The SMILES string of the molecule is CCOC(=O)C(N)CCN(CC)C(C)CC. The lowest BCUT2D eigenvalue weighted by atomic mass is 10.1. The maximum absolute atomic E-state index is 11.3. The molecular weight excluding hydrogens is 204 g/mol. The van der Waals surface area contributed by atoms with Crippen molar-refractivity contribution in [2.24, 2.45) is 5.73 Å². The van der Waals surface area contributed by atoms with E-state index in [2.05, 4.69) is 25.7 Å². The molecule has 0 aromatic rings. The molecular formula is C12H26N2O2. The van der Waals surface area contributed by atoms with E-state index in [9.17, 15) is 4.79 Å². The number of esters is 1. The molecule has 2 atom stereocenters. The summed E-state index contributed by atoms with van der Waals surface area (Å²) >= 11 is 0. The summed E-state index contributed by atoms with van der Waals surface area (Å²) in [7, 11) is 0. The Balaban J connectivity index is 3.96. The fraction of sp³-hybridized carbons (Fsp3) is 0.917. The predicted molar refractivity (Wildman–Crippen MR) is 66.2 cm³/mol. The van der Waals surface area contributed by atoms with Crippen LogP contribution in [0.4, 0.5) is 0 Å². The maximum Gasteiger partial charge on any atom is 0.322 e. The highest BCUT2D eigenvalue weighted by Crippen LogP contribution is 2.05. The van der Waals surface area contributed by atoms with Crippen LogP contribution in [0, 0.1) is 0 Å². The average Bonchev–Trinajstić information content (AvgIpc) is 2.29. The molecule has 96 valence electrons. The molecule has 0 rings (SSSR count). The molecule has 0 bridgehead atoms. The van der Waals surface area contributed by atoms with Gasteiger partial charge in [-0.05, 0) is 33.2 Å². The molecule has 0 heterocycles. The molecule has 0 spiro atoms. The van der Waals surface area contributed by atoms with E-state index in [1.807, 2.05) is 0 Å². The van der Waals surface area contributed by atoms with Crippen LogP contribution in [0.15, 0.2) is 0 Å². The molecule has 0 aliphatic rings. The topological polar surface area (TPSA) is 55.6 Å². The summed E-state index contributed by atoms with van der Waals surface area (Å²) in [6.07, 6.45) is 1.78. The second kappa shape index (κ2) is 8.53. The summed E-state index contributed by atoms with van der Waals surface area (Å²) in [6.45, 7) is 10.5. The van der Waals surface area contributed by atoms with Gasteiger partial charge in [0, 0.05) is 12.6 Å². The highest BCUT2D eigenvalue weighted by Gasteiger charge is 2.17. The number of nitrogens with zero attached hydrogens (tertiary/aromatic N) is 1. The Morgan fingerprint density at radius 3 is 2.44 bits per heavy atom. The highest BCUT2D eigenvalue weighted by molar-refractivity contribution is 5.75. The normalized spacial score (nSPS) is 14.9. The second-order valence-electron chi connectivity index (χ2n) is 4.03. The minimum Gasteiger partial charge on any atom is -0.465 e. The first kappa shape index (κ1) is 15.4. The number of hydrogen-bond acceptors (Lipinski definition) is 4. The summed E-state index contributed by atoms with van der Waals surface area (Å²) in [5.41, 5.74) is 5.75. The lowest BCUT2D eigenvalue weighted by Gasteiger charge is -2.27. The number of rotatable bonds is 8. The van der Waals surface area contributed by atoms with E-state index in [4.69, 9.17) is 10.5 Å². The van der Waals surface area contributed by atoms with Crippen LogP contribution in [0.1, 0.15) is 40.5 Å². The van der Waals surface area contributed by atoms with Crippen LogP contribution in [0.5, 0.6) is 0 Å². The molecule has 0 aliphatic carbocycles. The molecule has 0 amide bonds. The van der Waals surface area contributed by atoms with Gasteiger partial charge in [0.1, 0.15) is 6.04 Å². The van der Waals surface area contributed by atoms with Crippen LogP contribution in [0.25, 0.3) is 0 Å². The van der Waals surface area contributed by atoms with Crippen LogP contribution < -0.4 is 5.73 Å². The summed E-state index contributed by atoms with van der Waals surface area (Å²) in [5, 5.41) is 0. The minimum atomic E-state index is -0.488. The van der Waals surface area contributed by atoms with Gasteiger partial charge in [0.2, 0.25) is 0 Å². The van der Waals surface area contributed by atoms with Crippen molar-refractivity contribution in [3.05, 3.63) is 0 Å². The number of ether oxygens (including phenoxy) is 1. The first-order valence-electron chi connectivity index (χ1n) is 6.22. The molecule has 0 radical (unpaired) electrons. The average molecular weight is 230 g/mol. The molecule has 0 saturated carbocycles. The molecule has 0 aromatic carbocycles. The monoisotopic (exact) mass is 230 g/mol. The van der Waals surface area contributed by atoms with Crippen molar-refractivity contribution >= 4 is 5.97 Å². The van der Waals surface area contributed by atoms with Gasteiger partial charge in [-0.25, -0.2) is 0 Å². The van der Waals surface area contributed by atoms with E-state index in [0.29, 0.717) is 19.1 Å². The first-order valence-corrected chi connectivity index (χ1v) is 6.22. The Kier molecular flexibility index (Phi) is 8.21. The van der Waals surface area contributed by atoms with E-state index in [0.717, 1.165) is 19.5 Å². The van der Waals surface area contributed by atoms with E-state index >= 15 is 0 Å². The largest absolute Gasteiger partial charge is 0.465 e. The van der Waals surface area contributed by atoms with Gasteiger partial charge in [0.05, 0.1) is 6.61 Å². The molecule has 16 heavy (non-hydrogen) atoms. The van der Waals surface area contributed by atoms with Gasteiger partial charge in [-0.15, -0.1) is 0 Å².